The van der Waals surface area contributed by atoms with Crippen LogP contribution < -0.4 is 26.6 Å². The van der Waals surface area contributed by atoms with Gasteiger partial charge in [0.15, 0.2) is 5.69 Å². The number of benzene rings is 2. The number of hydrogen-bond acceptors (Lipinski definition) is 7. The van der Waals surface area contributed by atoms with E-state index in [2.05, 4.69) is 23.5 Å². The van der Waals surface area contributed by atoms with E-state index in [-0.39, 0.29) is 22.2 Å². The van der Waals surface area contributed by atoms with E-state index in [1.54, 1.807) is 12.1 Å². The lowest BCUT2D eigenvalue weighted by Gasteiger charge is -2.31. The van der Waals surface area contributed by atoms with E-state index in [9.17, 15) is 14.4 Å². The van der Waals surface area contributed by atoms with Gasteiger partial charge < -0.3 is 21.7 Å². The molecule has 0 fully saturated rings. The van der Waals surface area contributed by atoms with Gasteiger partial charge in [-0.25, -0.2) is 0 Å². The second-order valence-corrected chi connectivity index (χ2v) is 10.3. The van der Waals surface area contributed by atoms with Crippen LogP contribution in [0.3, 0.4) is 0 Å². The van der Waals surface area contributed by atoms with E-state index in [0.29, 0.717) is 23.7 Å². The fraction of sp³-hybridized carbons (Fsp3) is 0.333. The first-order valence-electron chi connectivity index (χ1n) is 12.0. The van der Waals surface area contributed by atoms with Gasteiger partial charge in [-0.2, -0.15) is 4.37 Å². The Balaban J connectivity index is 2.16. The zero-order valence-electron chi connectivity index (χ0n) is 21.8. The molecule has 3 rings (SSSR count). The number of nitrogens with zero attached hydrogens (tertiary/aromatic N) is 3. The van der Waals surface area contributed by atoms with Crippen LogP contribution in [-0.2, 0) is 4.79 Å². The molecule has 0 saturated heterocycles. The molecule has 37 heavy (non-hydrogen) atoms. The number of carbonyl (C=O) groups is 3. The highest BCUT2D eigenvalue weighted by Gasteiger charge is 2.36. The van der Waals surface area contributed by atoms with Gasteiger partial charge in [-0.05, 0) is 60.6 Å². The number of nitrogens with one attached hydrogen (secondary N) is 1. The second kappa shape index (κ2) is 11.9. The SMILES string of the molecule is Cc1ccc(N(C(=O)c2snc(C(N)=O)c2N)[C@@H](C(=O)NCCC(C)C)c2ccc(N(C)C)cc2)cc1. The standard InChI is InChI=1S/C27H34N6O3S/c1-16(2)14-15-30-26(35)23(18-8-12-19(13-9-18)32(4)5)33(20-10-6-17(3)7-11-20)27(36)24-21(28)22(25(29)34)31-37-24/h6-13,16,23H,14-15,28H2,1-5H3,(H2,29,34)(H,30,35)/t23-/m1/s1. The number of nitrogens with two attached hydrogens (primary N) is 2. The number of carbonyl (C=O) groups excluding carboxylic acids is 3. The molecule has 1 heterocycles. The van der Waals surface area contributed by atoms with Gasteiger partial charge >= 0.3 is 0 Å². The molecule has 5 N–H and O–H groups in total. The number of nitrogen functional groups attached to an aromatic ring is 1. The van der Waals surface area contributed by atoms with E-state index >= 15 is 0 Å². The number of aromatic nitrogens is 1. The Morgan fingerprint density at radius 3 is 2.11 bits per heavy atom. The van der Waals surface area contributed by atoms with Crippen molar-refractivity contribution in [1.82, 2.24) is 9.69 Å². The Labute approximate surface area is 221 Å². The summed E-state index contributed by atoms with van der Waals surface area (Å²) in [6.07, 6.45) is 0.792. The molecular weight excluding hydrogens is 488 g/mol. The zero-order valence-corrected chi connectivity index (χ0v) is 22.6. The average molecular weight is 523 g/mol. The summed E-state index contributed by atoms with van der Waals surface area (Å²) in [5.74, 6) is -1.30. The maximum atomic E-state index is 14.0. The topological polar surface area (TPSA) is 135 Å². The normalized spacial score (nSPS) is 11.7. The largest absolute Gasteiger partial charge is 0.395 e. The molecule has 0 aliphatic heterocycles. The quantitative estimate of drug-likeness (QED) is 0.371. The van der Waals surface area contributed by atoms with Crippen LogP contribution in [0.15, 0.2) is 48.5 Å². The van der Waals surface area contributed by atoms with E-state index in [0.717, 1.165) is 29.2 Å². The summed E-state index contributed by atoms with van der Waals surface area (Å²) in [6, 6.07) is 13.7. The Morgan fingerprint density at radius 1 is 1.00 bits per heavy atom. The van der Waals surface area contributed by atoms with Crippen LogP contribution in [0.25, 0.3) is 0 Å². The highest BCUT2D eigenvalue weighted by molar-refractivity contribution is 7.09. The smallest absolute Gasteiger partial charge is 0.273 e. The van der Waals surface area contributed by atoms with Crippen molar-refractivity contribution in [3.05, 3.63) is 70.2 Å². The van der Waals surface area contributed by atoms with Gasteiger partial charge in [-0.3, -0.25) is 19.3 Å². The highest BCUT2D eigenvalue weighted by atomic mass is 32.1. The van der Waals surface area contributed by atoms with Gasteiger partial charge in [-0.1, -0.05) is 43.7 Å². The summed E-state index contributed by atoms with van der Waals surface area (Å²) < 4.78 is 3.99. The lowest BCUT2D eigenvalue weighted by atomic mass is 10.0. The minimum atomic E-state index is -1.00. The van der Waals surface area contributed by atoms with Crippen LogP contribution in [0.5, 0.6) is 0 Å². The molecule has 0 radical (unpaired) electrons. The molecule has 9 nitrogen and oxygen atoms in total. The van der Waals surface area contributed by atoms with Crippen molar-refractivity contribution in [2.45, 2.75) is 33.2 Å². The maximum Gasteiger partial charge on any atom is 0.273 e. The fourth-order valence-corrected chi connectivity index (χ4v) is 4.52. The van der Waals surface area contributed by atoms with E-state index in [4.69, 9.17) is 11.5 Å². The third-order valence-corrected chi connectivity index (χ3v) is 6.79. The molecule has 0 aliphatic rings. The lowest BCUT2D eigenvalue weighted by molar-refractivity contribution is -0.122. The molecule has 2 aromatic carbocycles. The van der Waals surface area contributed by atoms with Crippen molar-refractivity contribution in [1.29, 1.82) is 0 Å². The second-order valence-electron chi connectivity index (χ2n) is 9.51. The van der Waals surface area contributed by atoms with Gasteiger partial charge in [-0.15, -0.1) is 0 Å². The molecule has 3 aromatic rings. The van der Waals surface area contributed by atoms with E-state index in [1.807, 2.05) is 62.3 Å². The molecule has 1 atom stereocenters. The predicted molar refractivity (Wildman–Crippen MR) is 149 cm³/mol. The molecule has 0 saturated carbocycles. The predicted octanol–water partition coefficient (Wildman–Crippen LogP) is 3.75. The Bertz CT molecular complexity index is 1250. The first-order valence-corrected chi connectivity index (χ1v) is 12.8. The molecule has 0 spiro atoms. The Morgan fingerprint density at radius 2 is 1.59 bits per heavy atom. The summed E-state index contributed by atoms with van der Waals surface area (Å²) in [7, 11) is 3.85. The van der Waals surface area contributed by atoms with E-state index < -0.39 is 17.9 Å². The number of primary amides is 1. The molecule has 10 heteroatoms. The van der Waals surface area contributed by atoms with Crippen LogP contribution in [0, 0.1) is 12.8 Å². The summed E-state index contributed by atoms with van der Waals surface area (Å²) in [6.45, 7) is 6.56. The first kappa shape index (κ1) is 27.7. The summed E-state index contributed by atoms with van der Waals surface area (Å²) >= 11 is 0.786. The number of aryl methyl sites for hydroxylation is 1. The van der Waals surface area contributed by atoms with Crippen molar-refractivity contribution < 1.29 is 14.4 Å². The van der Waals surface area contributed by atoms with Crippen molar-refractivity contribution in [2.75, 3.05) is 36.2 Å². The van der Waals surface area contributed by atoms with Crippen molar-refractivity contribution in [2.24, 2.45) is 11.7 Å². The van der Waals surface area contributed by atoms with Crippen molar-refractivity contribution >= 4 is 46.3 Å². The highest BCUT2D eigenvalue weighted by Crippen LogP contribution is 2.34. The number of amides is 3. The maximum absolute atomic E-state index is 14.0. The summed E-state index contributed by atoms with van der Waals surface area (Å²) in [4.78, 5) is 42.9. The van der Waals surface area contributed by atoms with Crippen LogP contribution in [-0.4, -0.2) is 42.7 Å². The summed E-state index contributed by atoms with van der Waals surface area (Å²) in [5.41, 5.74) is 14.3. The summed E-state index contributed by atoms with van der Waals surface area (Å²) in [5, 5.41) is 3.00. The van der Waals surface area contributed by atoms with E-state index in [1.165, 1.54) is 4.90 Å². The number of hydrogen-bond donors (Lipinski definition) is 3. The molecule has 196 valence electrons. The minimum absolute atomic E-state index is 0.0410. The van der Waals surface area contributed by atoms with Crippen molar-refractivity contribution in [3.8, 4) is 0 Å². The molecule has 0 unspecified atom stereocenters. The molecular formula is C27H34N6O3S. The zero-order chi connectivity index (χ0) is 27.3. The van der Waals surface area contributed by atoms with Crippen LogP contribution in [0.2, 0.25) is 0 Å². The Kier molecular flexibility index (Phi) is 8.88. The minimum Gasteiger partial charge on any atom is -0.395 e. The molecule has 3 amide bonds. The van der Waals surface area contributed by atoms with Gasteiger partial charge in [0, 0.05) is 32.0 Å². The third kappa shape index (κ3) is 6.45. The molecule has 0 bridgehead atoms. The fourth-order valence-electron chi connectivity index (χ4n) is 3.78. The number of rotatable bonds is 10. The van der Waals surface area contributed by atoms with Gasteiger partial charge in [0.25, 0.3) is 11.8 Å². The first-order chi connectivity index (χ1) is 17.5. The molecule has 0 aliphatic carbocycles. The third-order valence-electron chi connectivity index (χ3n) is 5.94. The van der Waals surface area contributed by atoms with Gasteiger partial charge in [0.1, 0.15) is 10.9 Å². The monoisotopic (exact) mass is 522 g/mol. The number of anilines is 3. The molecule has 1 aromatic heterocycles. The average Bonchev–Trinajstić information content (AvgIpc) is 3.24. The van der Waals surface area contributed by atoms with Crippen LogP contribution in [0.1, 0.15) is 57.6 Å². The lowest BCUT2D eigenvalue weighted by Crippen LogP contribution is -2.44. The van der Waals surface area contributed by atoms with Gasteiger partial charge in [0.2, 0.25) is 5.91 Å². The van der Waals surface area contributed by atoms with Crippen molar-refractivity contribution in [3.63, 3.8) is 0 Å². The van der Waals surface area contributed by atoms with Crippen LogP contribution >= 0.6 is 11.5 Å². The Hall–Kier alpha value is -3.92. The van der Waals surface area contributed by atoms with Crippen LogP contribution in [0.4, 0.5) is 17.1 Å². The van der Waals surface area contributed by atoms with Gasteiger partial charge in [0.05, 0.1) is 5.69 Å².